The lowest BCUT2D eigenvalue weighted by Crippen LogP contribution is -2.28. The molecule has 0 saturated carbocycles. The molecular formula is C25H22ClNO. The fraction of sp³-hybridized carbons (Fsp3) is 0.160. The quantitative estimate of drug-likeness (QED) is 0.492. The van der Waals surface area contributed by atoms with Gasteiger partial charge in [-0.25, -0.2) is 0 Å². The molecule has 3 aromatic carbocycles. The minimum Gasteiger partial charge on any atom is -0.298 e. The molecule has 0 unspecified atom stereocenters. The molecule has 0 fully saturated rings. The number of nitrogens with zero attached hydrogens (tertiary/aromatic N) is 1. The van der Waals surface area contributed by atoms with Crippen molar-refractivity contribution in [1.29, 1.82) is 0 Å². The van der Waals surface area contributed by atoms with Gasteiger partial charge in [0.05, 0.1) is 0 Å². The number of hydrogen-bond acceptors (Lipinski definition) is 2. The molecule has 0 aliphatic carbocycles. The van der Waals surface area contributed by atoms with Gasteiger partial charge in [-0.05, 0) is 46.4 Å². The molecule has 1 aliphatic rings. The topological polar surface area (TPSA) is 20.3 Å². The Balaban J connectivity index is 1.48. The molecule has 0 spiro atoms. The van der Waals surface area contributed by atoms with Gasteiger partial charge in [0, 0.05) is 30.2 Å². The Labute approximate surface area is 171 Å². The molecule has 0 amide bonds. The van der Waals surface area contributed by atoms with Gasteiger partial charge >= 0.3 is 0 Å². The molecule has 0 radical (unpaired) electrons. The molecule has 0 N–H and O–H groups in total. The summed E-state index contributed by atoms with van der Waals surface area (Å²) in [5, 5.41) is 0.760. The Morgan fingerprint density at radius 2 is 1.61 bits per heavy atom. The first-order valence-corrected chi connectivity index (χ1v) is 9.91. The maximum atomic E-state index is 10.8. The number of carbonyl (C=O) groups is 1. The Kier molecular flexibility index (Phi) is 5.70. The first kappa shape index (κ1) is 18.7. The van der Waals surface area contributed by atoms with Crippen molar-refractivity contribution < 1.29 is 4.79 Å². The molecule has 0 saturated heterocycles. The van der Waals surface area contributed by atoms with Crippen LogP contribution >= 0.6 is 11.6 Å². The summed E-state index contributed by atoms with van der Waals surface area (Å²) in [4.78, 5) is 13.3. The van der Waals surface area contributed by atoms with Gasteiger partial charge in [0.25, 0.3) is 0 Å². The largest absolute Gasteiger partial charge is 0.298 e. The van der Waals surface area contributed by atoms with Crippen molar-refractivity contribution in [2.45, 2.75) is 13.0 Å². The molecule has 140 valence electrons. The van der Waals surface area contributed by atoms with Crippen LogP contribution in [0.2, 0.25) is 5.02 Å². The van der Waals surface area contributed by atoms with Gasteiger partial charge in [0.15, 0.2) is 0 Å². The predicted molar refractivity (Wildman–Crippen MR) is 117 cm³/mol. The van der Waals surface area contributed by atoms with Gasteiger partial charge < -0.3 is 0 Å². The Morgan fingerprint density at radius 1 is 0.893 bits per heavy atom. The molecule has 1 heterocycles. The summed E-state index contributed by atoms with van der Waals surface area (Å²) in [6, 6.07) is 24.5. The maximum Gasteiger partial charge on any atom is 0.150 e. The van der Waals surface area contributed by atoms with E-state index < -0.39 is 0 Å². The number of carbonyl (C=O) groups excluding carboxylic acids is 1. The Hall–Kier alpha value is -2.68. The average molecular weight is 388 g/mol. The van der Waals surface area contributed by atoms with E-state index in [9.17, 15) is 4.79 Å². The first-order valence-electron chi connectivity index (χ1n) is 9.54. The average Bonchev–Trinajstić information content (AvgIpc) is 2.75. The van der Waals surface area contributed by atoms with Crippen LogP contribution in [-0.4, -0.2) is 24.3 Å². The van der Waals surface area contributed by atoms with Crippen LogP contribution in [0.15, 0.2) is 78.9 Å². The van der Waals surface area contributed by atoms with Crippen LogP contribution in [0.3, 0.4) is 0 Å². The molecule has 0 bridgehead atoms. The van der Waals surface area contributed by atoms with Gasteiger partial charge in [-0.1, -0.05) is 78.3 Å². The van der Waals surface area contributed by atoms with Gasteiger partial charge in [-0.3, -0.25) is 9.69 Å². The Morgan fingerprint density at radius 3 is 2.29 bits per heavy atom. The number of benzene rings is 3. The zero-order valence-electron chi connectivity index (χ0n) is 15.6. The van der Waals surface area contributed by atoms with Crippen molar-refractivity contribution in [3.63, 3.8) is 0 Å². The fourth-order valence-corrected chi connectivity index (χ4v) is 3.83. The molecule has 1 aliphatic heterocycles. The zero-order chi connectivity index (χ0) is 19.3. The van der Waals surface area contributed by atoms with Crippen LogP contribution in [0, 0.1) is 0 Å². The highest BCUT2D eigenvalue weighted by Crippen LogP contribution is 2.28. The second kappa shape index (κ2) is 8.55. The molecule has 2 nitrogen and oxygen atoms in total. The van der Waals surface area contributed by atoms with E-state index in [1.165, 1.54) is 27.8 Å². The second-order valence-corrected chi connectivity index (χ2v) is 7.55. The summed E-state index contributed by atoms with van der Waals surface area (Å²) in [5.41, 5.74) is 7.09. The van der Waals surface area contributed by atoms with E-state index in [1.807, 2.05) is 36.4 Å². The molecular weight excluding hydrogens is 366 g/mol. The van der Waals surface area contributed by atoms with Gasteiger partial charge in [-0.15, -0.1) is 0 Å². The van der Waals surface area contributed by atoms with Crippen molar-refractivity contribution in [3.05, 3.63) is 101 Å². The summed E-state index contributed by atoms with van der Waals surface area (Å²) in [7, 11) is 0. The summed E-state index contributed by atoms with van der Waals surface area (Å²) in [6.45, 7) is 2.88. The smallest absolute Gasteiger partial charge is 0.150 e. The third-order valence-corrected chi connectivity index (χ3v) is 5.53. The molecule has 0 aromatic heterocycles. The van der Waals surface area contributed by atoms with Crippen LogP contribution in [0.5, 0.6) is 0 Å². The molecule has 4 rings (SSSR count). The zero-order valence-corrected chi connectivity index (χ0v) is 16.4. The van der Waals surface area contributed by atoms with Crippen molar-refractivity contribution in [3.8, 4) is 11.1 Å². The SMILES string of the molecule is O=Cc1ccc(C2=CCN(Cc3ccccc3-c3ccc(Cl)cc3)CC2)cc1. The number of aldehydes is 1. The molecule has 3 heteroatoms. The van der Waals surface area contributed by atoms with E-state index >= 15 is 0 Å². The van der Waals surface area contributed by atoms with Crippen molar-refractivity contribution in [2.75, 3.05) is 13.1 Å². The third-order valence-electron chi connectivity index (χ3n) is 5.28. The van der Waals surface area contributed by atoms with Crippen LogP contribution in [0.1, 0.15) is 27.9 Å². The molecule has 28 heavy (non-hydrogen) atoms. The molecule has 3 aromatic rings. The van der Waals surface area contributed by atoms with E-state index in [1.54, 1.807) is 0 Å². The number of halogens is 1. The predicted octanol–water partition coefficient (Wildman–Crippen LogP) is 6.11. The minimum atomic E-state index is 0.723. The third kappa shape index (κ3) is 4.24. The highest BCUT2D eigenvalue weighted by molar-refractivity contribution is 6.30. The number of hydrogen-bond donors (Lipinski definition) is 0. The van der Waals surface area contributed by atoms with E-state index in [-0.39, 0.29) is 0 Å². The monoisotopic (exact) mass is 387 g/mol. The standard InChI is InChI=1S/C25H22ClNO/c26-24-11-9-22(10-12-24)25-4-2-1-3-23(25)17-27-15-13-21(14-16-27)20-7-5-19(18-28)6-8-20/h1-13,18H,14-17H2. The van der Waals surface area contributed by atoms with Crippen LogP contribution < -0.4 is 0 Å². The summed E-state index contributed by atoms with van der Waals surface area (Å²) in [5.74, 6) is 0. The minimum absolute atomic E-state index is 0.723. The second-order valence-electron chi connectivity index (χ2n) is 7.12. The van der Waals surface area contributed by atoms with Crippen LogP contribution in [0.4, 0.5) is 0 Å². The van der Waals surface area contributed by atoms with Gasteiger partial charge in [0.2, 0.25) is 0 Å². The van der Waals surface area contributed by atoms with E-state index in [4.69, 9.17) is 11.6 Å². The van der Waals surface area contributed by atoms with Gasteiger partial charge in [-0.2, -0.15) is 0 Å². The lowest BCUT2D eigenvalue weighted by Gasteiger charge is -2.27. The summed E-state index contributed by atoms with van der Waals surface area (Å²) in [6.07, 6.45) is 4.22. The Bertz CT molecular complexity index is 990. The van der Waals surface area contributed by atoms with E-state index in [0.29, 0.717) is 0 Å². The van der Waals surface area contributed by atoms with Gasteiger partial charge in [0.1, 0.15) is 6.29 Å². The summed E-state index contributed by atoms with van der Waals surface area (Å²) < 4.78 is 0. The van der Waals surface area contributed by atoms with Crippen LogP contribution in [0.25, 0.3) is 16.7 Å². The normalized spacial score (nSPS) is 14.5. The van der Waals surface area contributed by atoms with Crippen molar-refractivity contribution in [2.24, 2.45) is 0 Å². The highest BCUT2D eigenvalue weighted by atomic mass is 35.5. The lowest BCUT2D eigenvalue weighted by molar-refractivity contribution is 0.112. The highest BCUT2D eigenvalue weighted by Gasteiger charge is 2.15. The first-order chi connectivity index (χ1) is 13.7. The fourth-order valence-electron chi connectivity index (χ4n) is 3.70. The van der Waals surface area contributed by atoms with E-state index in [0.717, 1.165) is 42.9 Å². The number of rotatable bonds is 5. The lowest BCUT2D eigenvalue weighted by atomic mass is 9.96. The van der Waals surface area contributed by atoms with Crippen LogP contribution in [-0.2, 0) is 6.54 Å². The van der Waals surface area contributed by atoms with Crippen molar-refractivity contribution >= 4 is 23.5 Å². The summed E-state index contributed by atoms with van der Waals surface area (Å²) >= 11 is 6.04. The van der Waals surface area contributed by atoms with Crippen molar-refractivity contribution in [1.82, 2.24) is 4.90 Å². The maximum absolute atomic E-state index is 10.8. The molecule has 0 atom stereocenters. The van der Waals surface area contributed by atoms with E-state index in [2.05, 4.69) is 47.4 Å².